The number of imidazole rings is 2. The van der Waals surface area contributed by atoms with E-state index in [1.165, 1.54) is 54.1 Å². The molecule has 0 N–H and O–H groups in total. The van der Waals surface area contributed by atoms with E-state index in [2.05, 4.69) is 56.6 Å². The number of nitrogens with zero attached hydrogens (tertiary/aromatic N) is 5. The van der Waals surface area contributed by atoms with Gasteiger partial charge in [0.25, 0.3) is 0 Å². The fourth-order valence-electron chi connectivity index (χ4n) is 5.45. The van der Waals surface area contributed by atoms with Crippen LogP contribution in [0.25, 0.3) is 33.5 Å². The smallest absolute Gasteiger partial charge is 0.158 e. The molecule has 1 aliphatic carbocycles. The number of hydroxylamine groups is 2. The zero-order valence-electron chi connectivity index (χ0n) is 20.8. The van der Waals surface area contributed by atoms with Crippen LogP contribution in [0.15, 0.2) is 61.2 Å². The summed E-state index contributed by atoms with van der Waals surface area (Å²) in [4.78, 5) is 9.45. The molecule has 5 rings (SSSR count). The predicted octanol–water partition coefficient (Wildman–Crippen LogP) is 6.75. The molecule has 0 spiro atoms. The highest BCUT2D eigenvalue weighted by Crippen LogP contribution is 2.33. The third-order valence-electron chi connectivity index (χ3n) is 7.38. The summed E-state index contributed by atoms with van der Waals surface area (Å²) in [5, 5.41) is 14.7. The summed E-state index contributed by atoms with van der Waals surface area (Å²) in [6, 6.07) is 15.3. The van der Waals surface area contributed by atoms with Crippen LogP contribution in [0.4, 0.5) is 0 Å². The van der Waals surface area contributed by atoms with E-state index in [1.807, 2.05) is 18.7 Å². The summed E-state index contributed by atoms with van der Waals surface area (Å²) in [5.41, 5.74) is 3.47. The molecule has 6 heteroatoms. The second-order valence-corrected chi connectivity index (χ2v) is 10.0. The molecule has 35 heavy (non-hydrogen) atoms. The maximum Gasteiger partial charge on any atom is 0.158 e. The second-order valence-electron chi connectivity index (χ2n) is 10.0. The van der Waals surface area contributed by atoms with Gasteiger partial charge in [-0.3, -0.25) is 0 Å². The number of fused-ring (bicyclic) bond motifs is 1. The van der Waals surface area contributed by atoms with E-state index < -0.39 is 0 Å². The van der Waals surface area contributed by atoms with Crippen LogP contribution in [0, 0.1) is 11.1 Å². The Bertz CT molecular complexity index is 1230. The first-order chi connectivity index (χ1) is 17.2. The van der Waals surface area contributed by atoms with Crippen molar-refractivity contribution in [1.82, 2.24) is 24.2 Å². The Kier molecular flexibility index (Phi) is 7.60. The highest BCUT2D eigenvalue weighted by atomic mass is 16.5. The van der Waals surface area contributed by atoms with Crippen molar-refractivity contribution in [2.75, 3.05) is 13.6 Å². The minimum Gasteiger partial charge on any atom is -0.785 e. The summed E-state index contributed by atoms with van der Waals surface area (Å²) in [6.45, 7) is 2.48. The molecule has 2 aromatic carbocycles. The van der Waals surface area contributed by atoms with Crippen molar-refractivity contribution in [2.45, 2.75) is 64.5 Å². The first kappa shape index (κ1) is 23.8. The zero-order chi connectivity index (χ0) is 24.0. The molecular weight excluding hydrogens is 434 g/mol. The Morgan fingerprint density at radius 1 is 0.943 bits per heavy atom. The van der Waals surface area contributed by atoms with E-state index in [-0.39, 0.29) is 0 Å². The van der Waals surface area contributed by atoms with Gasteiger partial charge >= 0.3 is 0 Å². The van der Waals surface area contributed by atoms with Crippen LogP contribution in [0.2, 0.25) is 0 Å². The van der Waals surface area contributed by atoms with Gasteiger partial charge in [0.05, 0.1) is 24.4 Å². The second kappa shape index (κ2) is 11.2. The molecule has 2 heterocycles. The van der Waals surface area contributed by atoms with Gasteiger partial charge in [-0.15, -0.1) is 0 Å². The van der Waals surface area contributed by atoms with Crippen molar-refractivity contribution in [3.8, 4) is 22.8 Å². The third-order valence-corrected chi connectivity index (χ3v) is 7.38. The molecule has 1 fully saturated rings. The van der Waals surface area contributed by atoms with Crippen LogP contribution >= 0.6 is 0 Å². The van der Waals surface area contributed by atoms with Crippen molar-refractivity contribution >= 4 is 10.8 Å². The highest BCUT2D eigenvalue weighted by molar-refractivity contribution is 5.87. The summed E-state index contributed by atoms with van der Waals surface area (Å²) in [5.74, 6) is 1.70. The van der Waals surface area contributed by atoms with Gasteiger partial charge in [-0.2, -0.15) is 0 Å². The molecule has 0 saturated heterocycles. The van der Waals surface area contributed by atoms with Crippen LogP contribution in [0.1, 0.15) is 51.4 Å². The van der Waals surface area contributed by atoms with E-state index in [0.717, 1.165) is 48.9 Å². The van der Waals surface area contributed by atoms with Gasteiger partial charge in [-0.25, -0.2) is 9.97 Å². The van der Waals surface area contributed by atoms with Crippen molar-refractivity contribution in [3.05, 3.63) is 66.4 Å². The average molecular weight is 471 g/mol. The van der Waals surface area contributed by atoms with Crippen molar-refractivity contribution in [1.29, 1.82) is 0 Å². The van der Waals surface area contributed by atoms with Gasteiger partial charge < -0.3 is 19.4 Å². The van der Waals surface area contributed by atoms with Crippen LogP contribution in [0.3, 0.4) is 0 Å². The molecule has 1 saturated carbocycles. The van der Waals surface area contributed by atoms with E-state index >= 15 is 0 Å². The number of aryl methyl sites for hydroxylation is 1. The molecule has 0 aliphatic heterocycles. The lowest BCUT2D eigenvalue weighted by Gasteiger charge is -2.24. The molecule has 6 nitrogen and oxygen atoms in total. The summed E-state index contributed by atoms with van der Waals surface area (Å²) >= 11 is 0. The molecule has 0 bridgehead atoms. The largest absolute Gasteiger partial charge is 0.785 e. The third kappa shape index (κ3) is 5.65. The number of benzene rings is 2. The van der Waals surface area contributed by atoms with E-state index in [9.17, 15) is 5.21 Å². The molecule has 184 valence electrons. The van der Waals surface area contributed by atoms with Gasteiger partial charge in [0, 0.05) is 18.7 Å². The van der Waals surface area contributed by atoms with Crippen LogP contribution in [0.5, 0.6) is 0 Å². The zero-order valence-corrected chi connectivity index (χ0v) is 20.8. The molecule has 1 aliphatic rings. The van der Waals surface area contributed by atoms with Gasteiger partial charge in [0.2, 0.25) is 0 Å². The van der Waals surface area contributed by atoms with Crippen LogP contribution in [-0.4, -0.2) is 37.8 Å². The van der Waals surface area contributed by atoms with Gasteiger partial charge in [0.15, 0.2) is 5.82 Å². The molecule has 0 amide bonds. The minimum atomic E-state index is 0.595. The fourth-order valence-corrected chi connectivity index (χ4v) is 5.45. The maximum absolute atomic E-state index is 11.2. The predicted molar refractivity (Wildman–Crippen MR) is 143 cm³/mol. The topological polar surface area (TPSA) is 61.9 Å². The number of aromatic nitrogens is 4. The molecule has 0 unspecified atom stereocenters. The number of unbranched alkanes of at least 4 members (excludes halogenated alkanes) is 2. The Morgan fingerprint density at radius 3 is 2.60 bits per heavy atom. The number of rotatable bonds is 10. The Labute approximate surface area is 208 Å². The molecule has 0 radical (unpaired) electrons. The summed E-state index contributed by atoms with van der Waals surface area (Å²) in [7, 11) is 1.59. The van der Waals surface area contributed by atoms with Gasteiger partial charge in [0.1, 0.15) is 5.69 Å². The highest BCUT2D eigenvalue weighted by Gasteiger charge is 2.21. The quantitative estimate of drug-likeness (QED) is 0.190. The first-order valence-corrected chi connectivity index (χ1v) is 13.1. The summed E-state index contributed by atoms with van der Waals surface area (Å²) < 4.78 is 4.67. The number of hydrogen-bond acceptors (Lipinski definition) is 4. The van der Waals surface area contributed by atoms with Gasteiger partial charge in [-0.05, 0) is 62.0 Å². The van der Waals surface area contributed by atoms with E-state index in [0.29, 0.717) is 12.5 Å². The van der Waals surface area contributed by atoms with Crippen LogP contribution < -0.4 is 0 Å². The summed E-state index contributed by atoms with van der Waals surface area (Å²) in [6.07, 6.45) is 15.5. The van der Waals surface area contributed by atoms with Crippen LogP contribution in [-0.2, 0) is 13.1 Å². The van der Waals surface area contributed by atoms with E-state index in [4.69, 9.17) is 4.98 Å². The lowest BCUT2D eigenvalue weighted by Crippen LogP contribution is -2.16. The van der Waals surface area contributed by atoms with E-state index in [1.54, 1.807) is 7.05 Å². The maximum atomic E-state index is 11.2. The standard InChI is InChI=1S/C29H36N5O/c1-32(35)16-8-3-9-17-33-22-30-19-28(33)29-31-20-27(34(29)21-23-10-4-2-5-11-23)26-15-14-24-12-6-7-13-25(24)18-26/h6-7,12-15,18-20,22-23H,2-5,8-11,16-17,21H2,1H3/q-1. The lowest BCUT2D eigenvalue weighted by atomic mass is 9.89. The van der Waals surface area contributed by atoms with Crippen molar-refractivity contribution in [3.63, 3.8) is 0 Å². The fraction of sp³-hybridized carbons (Fsp3) is 0.448. The van der Waals surface area contributed by atoms with Crippen molar-refractivity contribution < 1.29 is 0 Å². The normalized spacial score (nSPS) is 14.8. The Hall–Kier alpha value is -2.96. The SMILES string of the molecule is CN([O-])CCCCCn1cncc1-c1ncc(-c2ccc3ccccc3c2)n1CC1CCCCC1. The minimum absolute atomic E-state index is 0.595. The molecule has 2 aromatic heterocycles. The lowest BCUT2D eigenvalue weighted by molar-refractivity contribution is 0.321. The van der Waals surface area contributed by atoms with Gasteiger partial charge in [-0.1, -0.05) is 62.1 Å². The average Bonchev–Trinajstić information content (AvgIpc) is 3.50. The Balaban J connectivity index is 1.45. The Morgan fingerprint density at radius 2 is 1.77 bits per heavy atom. The number of hydrogen-bond donors (Lipinski definition) is 0. The molecular formula is C29H36N5O-. The molecule has 0 atom stereocenters. The first-order valence-electron chi connectivity index (χ1n) is 13.1. The van der Waals surface area contributed by atoms with Crippen molar-refractivity contribution in [2.24, 2.45) is 5.92 Å². The molecule has 4 aromatic rings. The monoisotopic (exact) mass is 470 g/mol.